The maximum absolute atomic E-state index is 5.89. The van der Waals surface area contributed by atoms with Crippen molar-refractivity contribution in [2.45, 2.75) is 63.2 Å². The first-order chi connectivity index (χ1) is 7.36. The summed E-state index contributed by atoms with van der Waals surface area (Å²) in [5.74, 6) is 7.39. The van der Waals surface area contributed by atoms with Gasteiger partial charge in [0.2, 0.25) is 0 Å². The zero-order valence-corrected chi connectivity index (χ0v) is 9.32. The van der Waals surface area contributed by atoms with Gasteiger partial charge in [-0.25, -0.2) is 0 Å². The van der Waals surface area contributed by atoms with Gasteiger partial charge in [-0.15, -0.1) is 0 Å². The topological polar surface area (TPSA) is 47.3 Å². The van der Waals surface area contributed by atoms with Crippen LogP contribution >= 0.6 is 0 Å². The molecule has 1 aliphatic carbocycles. The number of hydrogen-bond donors (Lipinski definition) is 2. The van der Waals surface area contributed by atoms with Crippen molar-refractivity contribution in [1.82, 2.24) is 5.43 Å². The number of hydrazine groups is 1. The summed E-state index contributed by atoms with van der Waals surface area (Å²) in [7, 11) is 0. The molecule has 15 heavy (non-hydrogen) atoms. The summed E-state index contributed by atoms with van der Waals surface area (Å²) < 4.78 is 5.89. The Labute approximate surface area is 91.7 Å². The van der Waals surface area contributed by atoms with Crippen LogP contribution in [-0.4, -0.2) is 18.2 Å². The second-order valence-corrected chi connectivity index (χ2v) is 5.57. The maximum Gasteiger partial charge on any atom is 0.0624 e. The average molecular weight is 210 g/mol. The molecule has 3 nitrogen and oxygen atoms in total. The molecule has 3 heteroatoms. The molecule has 2 saturated heterocycles. The van der Waals surface area contributed by atoms with Crippen LogP contribution in [0.25, 0.3) is 0 Å². The third kappa shape index (κ3) is 2.05. The van der Waals surface area contributed by atoms with Gasteiger partial charge in [0.1, 0.15) is 0 Å². The van der Waals surface area contributed by atoms with Gasteiger partial charge in [-0.3, -0.25) is 11.3 Å². The minimum Gasteiger partial charge on any atom is -0.375 e. The van der Waals surface area contributed by atoms with Crippen LogP contribution in [0.2, 0.25) is 0 Å². The van der Waals surface area contributed by atoms with E-state index < -0.39 is 0 Å². The first-order valence-corrected chi connectivity index (χ1v) is 6.48. The van der Waals surface area contributed by atoms with E-state index in [0.29, 0.717) is 24.2 Å². The monoisotopic (exact) mass is 210 g/mol. The van der Waals surface area contributed by atoms with Crippen LogP contribution in [0, 0.1) is 11.8 Å². The van der Waals surface area contributed by atoms with Gasteiger partial charge in [-0.2, -0.15) is 0 Å². The van der Waals surface area contributed by atoms with Crippen LogP contribution in [0.1, 0.15) is 44.9 Å². The summed E-state index contributed by atoms with van der Waals surface area (Å²) in [5.41, 5.74) is 3.03. The highest BCUT2D eigenvalue weighted by molar-refractivity contribution is 4.95. The van der Waals surface area contributed by atoms with Crippen molar-refractivity contribution < 1.29 is 4.74 Å². The van der Waals surface area contributed by atoms with E-state index in [9.17, 15) is 0 Å². The van der Waals surface area contributed by atoms with Crippen molar-refractivity contribution >= 4 is 0 Å². The van der Waals surface area contributed by atoms with Gasteiger partial charge in [0.05, 0.1) is 12.2 Å². The number of ether oxygens (including phenoxy) is 1. The molecule has 0 amide bonds. The van der Waals surface area contributed by atoms with Gasteiger partial charge in [0.15, 0.2) is 0 Å². The number of fused-ring (bicyclic) bond motifs is 2. The molecule has 1 saturated carbocycles. The fourth-order valence-electron chi connectivity index (χ4n) is 3.34. The van der Waals surface area contributed by atoms with Crippen molar-refractivity contribution in [2.24, 2.45) is 17.7 Å². The zero-order valence-electron chi connectivity index (χ0n) is 9.32. The third-order valence-corrected chi connectivity index (χ3v) is 4.47. The van der Waals surface area contributed by atoms with Gasteiger partial charge < -0.3 is 4.74 Å². The molecule has 3 N–H and O–H groups in total. The minimum atomic E-state index is 0.501. The fraction of sp³-hybridized carbons (Fsp3) is 1.00. The van der Waals surface area contributed by atoms with E-state index in [-0.39, 0.29) is 0 Å². The van der Waals surface area contributed by atoms with E-state index in [0.717, 1.165) is 5.92 Å². The third-order valence-electron chi connectivity index (χ3n) is 4.47. The van der Waals surface area contributed by atoms with Crippen molar-refractivity contribution in [3.63, 3.8) is 0 Å². The molecular formula is C12H22N2O. The average Bonchev–Trinajstić information content (AvgIpc) is 2.85. The number of nitrogens with one attached hydrogen (secondary N) is 1. The number of nitrogens with two attached hydrogens (primary N) is 1. The quantitative estimate of drug-likeness (QED) is 0.535. The van der Waals surface area contributed by atoms with Gasteiger partial charge in [-0.05, 0) is 38.0 Å². The lowest BCUT2D eigenvalue weighted by molar-refractivity contribution is 0.0846. The smallest absolute Gasteiger partial charge is 0.0624 e. The first-order valence-electron chi connectivity index (χ1n) is 6.48. The Morgan fingerprint density at radius 2 is 2.13 bits per heavy atom. The van der Waals surface area contributed by atoms with Gasteiger partial charge in [-0.1, -0.05) is 12.8 Å². The molecule has 4 unspecified atom stereocenters. The van der Waals surface area contributed by atoms with E-state index in [1.807, 2.05) is 0 Å². The predicted octanol–water partition coefficient (Wildman–Crippen LogP) is 1.58. The zero-order chi connectivity index (χ0) is 10.3. The molecule has 2 heterocycles. The normalized spacial score (nSPS) is 41.0. The van der Waals surface area contributed by atoms with Gasteiger partial charge in [0.25, 0.3) is 0 Å². The predicted molar refractivity (Wildman–Crippen MR) is 59.1 cm³/mol. The largest absolute Gasteiger partial charge is 0.375 e. The van der Waals surface area contributed by atoms with Gasteiger partial charge in [0, 0.05) is 12.0 Å². The van der Waals surface area contributed by atoms with E-state index in [2.05, 4.69) is 5.43 Å². The highest BCUT2D eigenvalue weighted by Gasteiger charge is 2.44. The maximum atomic E-state index is 5.89. The summed E-state index contributed by atoms with van der Waals surface area (Å²) in [6, 6.07) is 0.501. The molecule has 4 atom stereocenters. The van der Waals surface area contributed by atoms with Crippen LogP contribution in [0.4, 0.5) is 0 Å². The standard InChI is InChI=1S/C12H22N2O/c13-14-11(5-3-8-1-2-8)10-7-9-4-6-12(10)15-9/h8-12,14H,1-7,13H2. The van der Waals surface area contributed by atoms with Crippen molar-refractivity contribution in [3.8, 4) is 0 Å². The summed E-state index contributed by atoms with van der Waals surface area (Å²) in [6.45, 7) is 0. The molecule has 3 aliphatic rings. The highest BCUT2D eigenvalue weighted by atomic mass is 16.5. The Hall–Kier alpha value is -0.120. The van der Waals surface area contributed by atoms with Crippen LogP contribution < -0.4 is 11.3 Å². The van der Waals surface area contributed by atoms with Gasteiger partial charge >= 0.3 is 0 Å². The molecule has 0 aromatic rings. The van der Waals surface area contributed by atoms with E-state index in [1.165, 1.54) is 44.9 Å². The van der Waals surface area contributed by atoms with E-state index >= 15 is 0 Å². The Bertz CT molecular complexity index is 230. The highest BCUT2D eigenvalue weighted by Crippen LogP contribution is 2.42. The molecule has 86 valence electrons. The van der Waals surface area contributed by atoms with Crippen molar-refractivity contribution in [2.75, 3.05) is 0 Å². The SMILES string of the molecule is NNC(CCC1CC1)C1CC2CCC1O2. The lowest BCUT2D eigenvalue weighted by atomic mass is 9.82. The molecule has 2 bridgehead atoms. The molecule has 0 aromatic carbocycles. The molecule has 3 rings (SSSR count). The Morgan fingerprint density at radius 1 is 1.27 bits per heavy atom. The Kier molecular flexibility index (Phi) is 2.71. The van der Waals surface area contributed by atoms with E-state index in [4.69, 9.17) is 10.6 Å². The van der Waals surface area contributed by atoms with Crippen LogP contribution in [0.15, 0.2) is 0 Å². The molecule has 3 fully saturated rings. The Morgan fingerprint density at radius 3 is 2.67 bits per heavy atom. The van der Waals surface area contributed by atoms with Crippen LogP contribution in [0.3, 0.4) is 0 Å². The fourth-order valence-corrected chi connectivity index (χ4v) is 3.34. The number of hydrogen-bond acceptors (Lipinski definition) is 3. The van der Waals surface area contributed by atoms with Crippen molar-refractivity contribution in [1.29, 1.82) is 0 Å². The van der Waals surface area contributed by atoms with Crippen LogP contribution in [-0.2, 0) is 4.74 Å². The van der Waals surface area contributed by atoms with E-state index in [1.54, 1.807) is 0 Å². The molecule has 0 radical (unpaired) electrons. The van der Waals surface area contributed by atoms with Crippen LogP contribution in [0.5, 0.6) is 0 Å². The summed E-state index contributed by atoms with van der Waals surface area (Å²) in [5, 5.41) is 0. The minimum absolute atomic E-state index is 0.501. The summed E-state index contributed by atoms with van der Waals surface area (Å²) in [4.78, 5) is 0. The first kappa shape index (κ1) is 10.1. The molecule has 2 aliphatic heterocycles. The Balaban J connectivity index is 1.53. The molecular weight excluding hydrogens is 188 g/mol. The summed E-state index contributed by atoms with van der Waals surface area (Å²) in [6.07, 6.45) is 10.4. The second-order valence-electron chi connectivity index (χ2n) is 5.57. The lowest BCUT2D eigenvalue weighted by Gasteiger charge is -2.27. The molecule has 0 aromatic heterocycles. The van der Waals surface area contributed by atoms with Crippen molar-refractivity contribution in [3.05, 3.63) is 0 Å². The number of rotatable bonds is 5. The summed E-state index contributed by atoms with van der Waals surface area (Å²) >= 11 is 0. The lowest BCUT2D eigenvalue weighted by Crippen LogP contribution is -2.44. The second kappa shape index (κ2) is 4.04. The molecule has 0 spiro atoms.